The van der Waals surface area contributed by atoms with Crippen molar-refractivity contribution in [3.8, 4) is 0 Å². The molecule has 0 aliphatic heterocycles. The SMILES string of the molecule is CCc1ccc(C=C(CO)C2CCCCC2)s1. The first-order chi connectivity index (χ1) is 8.33. The molecule has 0 unspecified atom stereocenters. The van der Waals surface area contributed by atoms with E-state index >= 15 is 0 Å². The molecule has 0 amide bonds. The molecule has 0 aromatic carbocycles. The molecule has 1 aliphatic carbocycles. The van der Waals surface area contributed by atoms with E-state index in [9.17, 15) is 5.11 Å². The molecular weight excluding hydrogens is 228 g/mol. The first kappa shape index (κ1) is 12.8. The van der Waals surface area contributed by atoms with Crippen LogP contribution in [0.25, 0.3) is 6.08 Å². The zero-order valence-electron chi connectivity index (χ0n) is 10.6. The topological polar surface area (TPSA) is 20.2 Å². The fourth-order valence-electron chi connectivity index (χ4n) is 2.61. The van der Waals surface area contributed by atoms with Crippen molar-refractivity contribution in [1.82, 2.24) is 0 Å². The molecule has 1 aliphatic rings. The molecule has 0 radical (unpaired) electrons. The predicted octanol–water partition coefficient (Wildman–Crippen LogP) is 4.27. The van der Waals surface area contributed by atoms with Crippen molar-refractivity contribution < 1.29 is 5.11 Å². The van der Waals surface area contributed by atoms with Gasteiger partial charge < -0.3 is 5.11 Å². The van der Waals surface area contributed by atoms with Gasteiger partial charge >= 0.3 is 0 Å². The summed E-state index contributed by atoms with van der Waals surface area (Å²) in [5.41, 5.74) is 1.24. The molecule has 94 valence electrons. The number of hydrogen-bond acceptors (Lipinski definition) is 2. The summed E-state index contributed by atoms with van der Waals surface area (Å²) in [4.78, 5) is 2.73. The summed E-state index contributed by atoms with van der Waals surface area (Å²) in [5, 5.41) is 9.54. The van der Waals surface area contributed by atoms with Gasteiger partial charge in [0.05, 0.1) is 6.61 Å². The molecule has 1 heterocycles. The van der Waals surface area contributed by atoms with Gasteiger partial charge in [-0.2, -0.15) is 0 Å². The molecular formula is C15H22OS. The highest BCUT2D eigenvalue weighted by Crippen LogP contribution is 2.31. The summed E-state index contributed by atoms with van der Waals surface area (Å²) in [6, 6.07) is 4.38. The van der Waals surface area contributed by atoms with Crippen molar-refractivity contribution in [3.63, 3.8) is 0 Å². The normalized spacial score (nSPS) is 18.6. The summed E-state index contributed by atoms with van der Waals surface area (Å²) in [5.74, 6) is 0.626. The van der Waals surface area contributed by atoms with E-state index < -0.39 is 0 Å². The van der Waals surface area contributed by atoms with E-state index in [2.05, 4.69) is 25.1 Å². The van der Waals surface area contributed by atoms with Crippen LogP contribution in [0, 0.1) is 5.92 Å². The van der Waals surface area contributed by atoms with Crippen LogP contribution in [0.15, 0.2) is 17.7 Å². The predicted molar refractivity (Wildman–Crippen MR) is 75.3 cm³/mol. The van der Waals surface area contributed by atoms with Gasteiger partial charge in [-0.25, -0.2) is 0 Å². The first-order valence-electron chi connectivity index (χ1n) is 6.73. The monoisotopic (exact) mass is 250 g/mol. The van der Waals surface area contributed by atoms with Gasteiger partial charge in [-0.15, -0.1) is 11.3 Å². The average Bonchev–Trinajstić information content (AvgIpc) is 2.84. The Morgan fingerprint density at radius 3 is 2.71 bits per heavy atom. The van der Waals surface area contributed by atoms with Crippen molar-refractivity contribution >= 4 is 17.4 Å². The van der Waals surface area contributed by atoms with Crippen LogP contribution in [0.5, 0.6) is 0 Å². The third-order valence-electron chi connectivity index (χ3n) is 3.67. The van der Waals surface area contributed by atoms with Crippen LogP contribution in [0.2, 0.25) is 0 Å². The fourth-order valence-corrected chi connectivity index (χ4v) is 3.54. The van der Waals surface area contributed by atoms with E-state index in [0.29, 0.717) is 5.92 Å². The lowest BCUT2D eigenvalue weighted by Crippen LogP contribution is -2.11. The fraction of sp³-hybridized carbons (Fsp3) is 0.600. The molecule has 1 aromatic rings. The second-order valence-electron chi connectivity index (χ2n) is 4.87. The quantitative estimate of drug-likeness (QED) is 0.846. The number of hydrogen-bond donors (Lipinski definition) is 1. The Bertz CT molecular complexity index is 372. The molecule has 0 bridgehead atoms. The Labute approximate surface area is 108 Å². The Morgan fingerprint density at radius 1 is 1.35 bits per heavy atom. The zero-order valence-corrected chi connectivity index (χ0v) is 11.4. The third-order valence-corrected chi connectivity index (χ3v) is 4.85. The van der Waals surface area contributed by atoms with E-state index in [-0.39, 0.29) is 6.61 Å². The number of rotatable bonds is 4. The van der Waals surface area contributed by atoms with E-state index in [0.717, 1.165) is 6.42 Å². The van der Waals surface area contributed by atoms with E-state index in [4.69, 9.17) is 0 Å². The van der Waals surface area contributed by atoms with Crippen molar-refractivity contribution in [3.05, 3.63) is 27.5 Å². The van der Waals surface area contributed by atoms with Crippen LogP contribution >= 0.6 is 11.3 Å². The Morgan fingerprint density at radius 2 is 2.12 bits per heavy atom. The van der Waals surface area contributed by atoms with Crippen LogP contribution in [-0.4, -0.2) is 11.7 Å². The lowest BCUT2D eigenvalue weighted by atomic mass is 9.84. The van der Waals surface area contributed by atoms with Gasteiger partial charge in [0.1, 0.15) is 0 Å². The summed E-state index contributed by atoms with van der Waals surface area (Å²) < 4.78 is 0. The molecule has 17 heavy (non-hydrogen) atoms. The van der Waals surface area contributed by atoms with Crippen LogP contribution in [0.3, 0.4) is 0 Å². The van der Waals surface area contributed by atoms with Crippen molar-refractivity contribution in [2.24, 2.45) is 5.92 Å². The number of aryl methyl sites for hydroxylation is 1. The second-order valence-corrected chi connectivity index (χ2v) is 6.07. The Hall–Kier alpha value is -0.600. The number of thiophene rings is 1. The van der Waals surface area contributed by atoms with Crippen molar-refractivity contribution in [2.45, 2.75) is 45.4 Å². The molecule has 0 spiro atoms. The summed E-state index contributed by atoms with van der Waals surface area (Å²) in [6.07, 6.45) is 9.88. The summed E-state index contributed by atoms with van der Waals surface area (Å²) in [7, 11) is 0. The molecule has 2 heteroatoms. The van der Waals surface area contributed by atoms with E-state index in [1.165, 1.54) is 47.4 Å². The maximum Gasteiger partial charge on any atom is 0.0648 e. The number of aliphatic hydroxyl groups excluding tert-OH is 1. The minimum Gasteiger partial charge on any atom is -0.392 e. The molecule has 0 saturated heterocycles. The Balaban J connectivity index is 2.10. The van der Waals surface area contributed by atoms with Gasteiger partial charge in [-0.1, -0.05) is 26.2 Å². The highest BCUT2D eigenvalue weighted by atomic mass is 32.1. The van der Waals surface area contributed by atoms with Crippen LogP contribution in [-0.2, 0) is 6.42 Å². The summed E-state index contributed by atoms with van der Waals surface area (Å²) in [6.45, 7) is 2.41. The van der Waals surface area contributed by atoms with Gasteiger partial charge in [0.2, 0.25) is 0 Å². The van der Waals surface area contributed by atoms with Gasteiger partial charge in [-0.05, 0) is 49.0 Å². The van der Waals surface area contributed by atoms with Gasteiger partial charge in [-0.3, -0.25) is 0 Å². The maximum absolute atomic E-state index is 9.54. The molecule has 1 aromatic heterocycles. The minimum absolute atomic E-state index is 0.226. The van der Waals surface area contributed by atoms with Gasteiger partial charge in [0, 0.05) is 9.75 Å². The van der Waals surface area contributed by atoms with Gasteiger partial charge in [0.15, 0.2) is 0 Å². The van der Waals surface area contributed by atoms with E-state index in [1.807, 2.05) is 11.3 Å². The first-order valence-corrected chi connectivity index (χ1v) is 7.55. The average molecular weight is 250 g/mol. The smallest absolute Gasteiger partial charge is 0.0648 e. The highest BCUT2D eigenvalue weighted by molar-refractivity contribution is 7.12. The summed E-state index contributed by atoms with van der Waals surface area (Å²) >= 11 is 1.85. The minimum atomic E-state index is 0.226. The Kier molecular flexibility index (Phi) is 4.81. The highest BCUT2D eigenvalue weighted by Gasteiger charge is 2.17. The molecule has 1 fully saturated rings. The van der Waals surface area contributed by atoms with E-state index in [1.54, 1.807) is 0 Å². The van der Waals surface area contributed by atoms with Crippen LogP contribution < -0.4 is 0 Å². The van der Waals surface area contributed by atoms with Gasteiger partial charge in [0.25, 0.3) is 0 Å². The molecule has 1 N–H and O–H groups in total. The van der Waals surface area contributed by atoms with Crippen LogP contribution in [0.1, 0.15) is 48.8 Å². The second kappa shape index (κ2) is 6.36. The molecule has 0 atom stereocenters. The molecule has 2 rings (SSSR count). The van der Waals surface area contributed by atoms with Crippen LogP contribution in [0.4, 0.5) is 0 Å². The lowest BCUT2D eigenvalue weighted by Gasteiger charge is -2.23. The number of aliphatic hydroxyl groups is 1. The maximum atomic E-state index is 9.54. The lowest BCUT2D eigenvalue weighted by molar-refractivity contribution is 0.295. The zero-order chi connectivity index (χ0) is 12.1. The van der Waals surface area contributed by atoms with Crippen molar-refractivity contribution in [2.75, 3.05) is 6.61 Å². The molecule has 1 saturated carbocycles. The largest absolute Gasteiger partial charge is 0.392 e. The third kappa shape index (κ3) is 3.43. The molecule has 1 nitrogen and oxygen atoms in total. The van der Waals surface area contributed by atoms with Crippen molar-refractivity contribution in [1.29, 1.82) is 0 Å². The standard InChI is InChI=1S/C15H22OS/c1-2-14-8-9-15(17-14)10-13(11-16)12-6-4-3-5-7-12/h8-10,12,16H,2-7,11H2,1H3.